The van der Waals surface area contributed by atoms with Crippen LogP contribution in [0.5, 0.6) is 0 Å². The second kappa shape index (κ2) is 9.20. The first-order chi connectivity index (χ1) is 14.9. The maximum Gasteiger partial charge on any atom is 0.416 e. The minimum atomic E-state index is -4.71. The maximum absolute atomic E-state index is 13.1. The van der Waals surface area contributed by atoms with Gasteiger partial charge < -0.3 is 0 Å². The van der Waals surface area contributed by atoms with Gasteiger partial charge in [-0.15, -0.1) is 11.3 Å². The number of thiazole rings is 1. The Bertz CT molecular complexity index is 1240. The van der Waals surface area contributed by atoms with Crippen LogP contribution in [0.2, 0.25) is 0 Å². The zero-order chi connectivity index (χ0) is 23.7. The number of nitrogens with zero attached hydrogens (tertiary/aromatic N) is 1. The Kier molecular flexibility index (Phi) is 6.96. The predicted octanol–water partition coefficient (Wildman–Crippen LogP) is 5.99. The Morgan fingerprint density at radius 3 is 2.38 bits per heavy atom. The molecule has 0 bridgehead atoms. The quantitative estimate of drug-likeness (QED) is 0.396. The Labute approximate surface area is 195 Å². The Morgan fingerprint density at radius 2 is 1.78 bits per heavy atom. The second-order valence-electron chi connectivity index (χ2n) is 6.95. The molecule has 0 unspecified atom stereocenters. The lowest BCUT2D eigenvalue weighted by Gasteiger charge is -2.16. The Balaban J connectivity index is 1.91. The first kappa shape index (κ1) is 24.2. The van der Waals surface area contributed by atoms with Crippen molar-refractivity contribution in [2.45, 2.75) is 25.3 Å². The number of amides is 1. The van der Waals surface area contributed by atoms with Crippen molar-refractivity contribution in [3.63, 3.8) is 0 Å². The number of carbonyl (C=O) groups excluding carboxylic acids is 1. The number of alkyl halides is 3. The summed E-state index contributed by atoms with van der Waals surface area (Å²) in [5, 5.41) is 3.53. The highest BCUT2D eigenvalue weighted by Gasteiger charge is 2.32. The van der Waals surface area contributed by atoms with Gasteiger partial charge in [0.2, 0.25) is 10.0 Å². The smallest absolute Gasteiger partial charge is 0.298 e. The highest BCUT2D eigenvalue weighted by Crippen LogP contribution is 2.33. The van der Waals surface area contributed by atoms with Crippen LogP contribution < -0.4 is 10.0 Å². The fourth-order valence-electron chi connectivity index (χ4n) is 2.52. The SMILES string of the molecule is CC(C)S(=O)(=O)Nc1cc(C(F)(F)F)ccc1C(=O)Nc1nc(-c2ccc(Br)cc2)cs1. The van der Waals surface area contributed by atoms with Crippen molar-refractivity contribution >= 4 is 54.0 Å². The van der Waals surface area contributed by atoms with E-state index in [-0.39, 0.29) is 10.7 Å². The number of carbonyl (C=O) groups is 1. The summed E-state index contributed by atoms with van der Waals surface area (Å²) in [5.74, 6) is -0.795. The standard InChI is InChI=1S/C20H17BrF3N3O3S2/c1-11(2)32(29,30)27-16-9-13(20(22,23)24)5-8-15(16)18(28)26-19-25-17(10-31-19)12-3-6-14(21)7-4-12/h3-11,27H,1-2H3,(H,25,26,28). The van der Waals surface area contributed by atoms with E-state index in [1.807, 2.05) is 24.3 Å². The lowest BCUT2D eigenvalue weighted by molar-refractivity contribution is -0.137. The minimum Gasteiger partial charge on any atom is -0.298 e. The van der Waals surface area contributed by atoms with Gasteiger partial charge in [0.05, 0.1) is 27.8 Å². The summed E-state index contributed by atoms with van der Waals surface area (Å²) in [6.45, 7) is 2.74. The Morgan fingerprint density at radius 1 is 1.12 bits per heavy atom. The van der Waals surface area contributed by atoms with Crippen LogP contribution in [-0.4, -0.2) is 24.6 Å². The van der Waals surface area contributed by atoms with Crippen LogP contribution in [0.25, 0.3) is 11.3 Å². The van der Waals surface area contributed by atoms with Crippen molar-refractivity contribution in [2.24, 2.45) is 0 Å². The van der Waals surface area contributed by atoms with Crippen molar-refractivity contribution in [3.05, 3.63) is 63.4 Å². The van der Waals surface area contributed by atoms with Gasteiger partial charge in [0.1, 0.15) is 0 Å². The molecule has 0 fully saturated rings. The van der Waals surface area contributed by atoms with E-state index in [0.29, 0.717) is 11.8 Å². The molecule has 1 heterocycles. The second-order valence-corrected chi connectivity index (χ2v) is 11.0. The van der Waals surface area contributed by atoms with Gasteiger partial charge in [0, 0.05) is 15.4 Å². The first-order valence-corrected chi connectivity index (χ1v) is 12.3. The van der Waals surface area contributed by atoms with Crippen LogP contribution in [0.15, 0.2) is 52.3 Å². The molecule has 6 nitrogen and oxygen atoms in total. The summed E-state index contributed by atoms with van der Waals surface area (Å²) in [6.07, 6.45) is -4.71. The van der Waals surface area contributed by atoms with Gasteiger partial charge in [-0.3, -0.25) is 14.8 Å². The van der Waals surface area contributed by atoms with Gasteiger partial charge in [-0.05, 0) is 44.2 Å². The average molecular weight is 548 g/mol. The molecule has 3 rings (SSSR count). The van der Waals surface area contributed by atoms with E-state index in [1.165, 1.54) is 13.8 Å². The molecule has 1 amide bonds. The number of anilines is 2. The minimum absolute atomic E-state index is 0.213. The molecule has 2 aromatic carbocycles. The predicted molar refractivity (Wildman–Crippen MR) is 122 cm³/mol. The monoisotopic (exact) mass is 547 g/mol. The number of hydrogen-bond acceptors (Lipinski definition) is 5. The average Bonchev–Trinajstić information content (AvgIpc) is 3.15. The maximum atomic E-state index is 13.1. The molecular formula is C20H17BrF3N3O3S2. The number of aromatic nitrogens is 1. The zero-order valence-corrected chi connectivity index (χ0v) is 19.9. The number of hydrogen-bond donors (Lipinski definition) is 2. The van der Waals surface area contributed by atoms with Gasteiger partial charge >= 0.3 is 6.18 Å². The number of halogens is 4. The molecule has 3 aromatic rings. The number of sulfonamides is 1. The highest BCUT2D eigenvalue weighted by atomic mass is 79.9. The van der Waals surface area contributed by atoms with E-state index >= 15 is 0 Å². The topological polar surface area (TPSA) is 88.2 Å². The summed E-state index contributed by atoms with van der Waals surface area (Å²) in [5.41, 5.74) is -0.392. The van der Waals surface area contributed by atoms with Gasteiger partial charge in [-0.1, -0.05) is 28.1 Å². The molecule has 0 aliphatic heterocycles. The summed E-state index contributed by atoms with van der Waals surface area (Å²) in [4.78, 5) is 17.1. The lowest BCUT2D eigenvalue weighted by Crippen LogP contribution is -2.25. The van der Waals surface area contributed by atoms with Crippen LogP contribution in [-0.2, 0) is 16.2 Å². The summed E-state index contributed by atoms with van der Waals surface area (Å²) < 4.78 is 66.9. The van der Waals surface area contributed by atoms with Crippen molar-refractivity contribution in [1.82, 2.24) is 4.98 Å². The summed E-state index contributed by atoms with van der Waals surface area (Å²) >= 11 is 4.47. The van der Waals surface area contributed by atoms with Crippen molar-refractivity contribution in [1.29, 1.82) is 0 Å². The number of rotatable bonds is 6. The molecule has 0 aliphatic rings. The summed E-state index contributed by atoms with van der Waals surface area (Å²) in [6, 6.07) is 9.59. The third-order valence-electron chi connectivity index (χ3n) is 4.33. The highest BCUT2D eigenvalue weighted by molar-refractivity contribution is 9.10. The lowest BCUT2D eigenvalue weighted by atomic mass is 10.1. The largest absolute Gasteiger partial charge is 0.416 e. The van der Waals surface area contributed by atoms with E-state index in [9.17, 15) is 26.4 Å². The molecule has 0 atom stereocenters. The van der Waals surface area contributed by atoms with E-state index in [0.717, 1.165) is 33.5 Å². The van der Waals surface area contributed by atoms with E-state index in [2.05, 4.69) is 31.0 Å². The van der Waals surface area contributed by atoms with Crippen LogP contribution in [0.4, 0.5) is 24.0 Å². The summed E-state index contributed by atoms with van der Waals surface area (Å²) in [7, 11) is -3.99. The molecular weight excluding hydrogens is 531 g/mol. The van der Waals surface area contributed by atoms with Gasteiger partial charge in [-0.2, -0.15) is 13.2 Å². The molecule has 32 heavy (non-hydrogen) atoms. The molecule has 0 saturated heterocycles. The molecule has 12 heteroatoms. The molecule has 0 radical (unpaired) electrons. The molecule has 0 spiro atoms. The number of nitrogens with one attached hydrogen (secondary N) is 2. The van der Waals surface area contributed by atoms with E-state index in [1.54, 1.807) is 5.38 Å². The number of benzene rings is 2. The van der Waals surface area contributed by atoms with Crippen LogP contribution in [0.3, 0.4) is 0 Å². The zero-order valence-electron chi connectivity index (χ0n) is 16.7. The van der Waals surface area contributed by atoms with Gasteiger partial charge in [0.15, 0.2) is 5.13 Å². The third kappa shape index (κ3) is 5.67. The van der Waals surface area contributed by atoms with E-state index in [4.69, 9.17) is 0 Å². The van der Waals surface area contributed by atoms with Crippen molar-refractivity contribution < 1.29 is 26.4 Å². The Hall–Kier alpha value is -2.44. The van der Waals surface area contributed by atoms with E-state index < -0.39 is 38.6 Å². The fraction of sp³-hybridized carbons (Fsp3) is 0.200. The van der Waals surface area contributed by atoms with Gasteiger partial charge in [-0.25, -0.2) is 13.4 Å². The molecule has 170 valence electrons. The molecule has 0 aliphatic carbocycles. The third-order valence-corrected chi connectivity index (χ3v) is 7.36. The molecule has 0 saturated carbocycles. The van der Waals surface area contributed by atoms with Crippen LogP contribution >= 0.6 is 27.3 Å². The van der Waals surface area contributed by atoms with Crippen molar-refractivity contribution in [2.75, 3.05) is 10.0 Å². The molecule has 1 aromatic heterocycles. The fourth-order valence-corrected chi connectivity index (χ4v) is 4.21. The molecule has 2 N–H and O–H groups in total. The van der Waals surface area contributed by atoms with Gasteiger partial charge in [0.25, 0.3) is 5.91 Å². The van der Waals surface area contributed by atoms with Crippen molar-refractivity contribution in [3.8, 4) is 11.3 Å². The van der Waals surface area contributed by atoms with Crippen LogP contribution in [0.1, 0.15) is 29.8 Å². The first-order valence-electron chi connectivity index (χ1n) is 9.12. The normalized spacial score (nSPS) is 12.1. The van der Waals surface area contributed by atoms with Crippen LogP contribution in [0, 0.1) is 0 Å².